The van der Waals surface area contributed by atoms with Gasteiger partial charge in [0.25, 0.3) is 0 Å². The van der Waals surface area contributed by atoms with E-state index in [1.807, 2.05) is 12.1 Å². The van der Waals surface area contributed by atoms with Gasteiger partial charge in [-0.05, 0) is 49.8 Å². The molecule has 28 heavy (non-hydrogen) atoms. The molecule has 3 heterocycles. The van der Waals surface area contributed by atoms with Gasteiger partial charge in [0.05, 0.1) is 5.41 Å². The third-order valence-electron chi connectivity index (χ3n) is 6.59. The molecule has 3 aliphatic heterocycles. The Balaban J connectivity index is 1.22. The fourth-order valence-corrected chi connectivity index (χ4v) is 5.39. The first-order valence-corrected chi connectivity index (χ1v) is 11.9. The fourth-order valence-electron chi connectivity index (χ4n) is 4.71. The molecule has 0 radical (unpaired) electrons. The summed E-state index contributed by atoms with van der Waals surface area (Å²) in [6.07, 6.45) is 5.98. The molecule has 1 aromatic rings. The number of benzene rings is 1. The maximum Gasteiger partial charge on any atom is 0.312 e. The first kappa shape index (κ1) is 20.3. The average molecular weight is 424 g/mol. The van der Waals surface area contributed by atoms with Gasteiger partial charge in [-0.3, -0.25) is 14.0 Å². The van der Waals surface area contributed by atoms with Crippen LogP contribution in [0.1, 0.15) is 25.7 Å². The van der Waals surface area contributed by atoms with Gasteiger partial charge in [-0.2, -0.15) is 0 Å². The van der Waals surface area contributed by atoms with E-state index < -0.39 is 0 Å². The second-order valence-corrected chi connectivity index (χ2v) is 9.54. The number of piperazine rings is 1. The van der Waals surface area contributed by atoms with Crippen LogP contribution in [0.5, 0.6) is 0 Å². The van der Waals surface area contributed by atoms with Gasteiger partial charge >= 0.3 is 5.97 Å². The van der Waals surface area contributed by atoms with Crippen LogP contribution in [0.15, 0.2) is 24.3 Å². The molecule has 1 unspecified atom stereocenters. The molecule has 3 saturated heterocycles. The molecule has 1 aromatic carbocycles. The van der Waals surface area contributed by atoms with Crippen molar-refractivity contribution in [3.63, 3.8) is 0 Å². The van der Waals surface area contributed by atoms with Crippen molar-refractivity contribution in [3.05, 3.63) is 29.3 Å². The lowest BCUT2D eigenvalue weighted by molar-refractivity contribution is -0.150. The smallest absolute Gasteiger partial charge is 0.312 e. The van der Waals surface area contributed by atoms with Crippen molar-refractivity contribution >= 4 is 35.2 Å². The zero-order chi connectivity index (χ0) is 19.6. The second-order valence-electron chi connectivity index (χ2n) is 8.22. The topological polar surface area (TPSA) is 36.0 Å². The summed E-state index contributed by atoms with van der Waals surface area (Å²) in [4.78, 5) is 17.5. The molecule has 0 aromatic heterocycles. The zero-order valence-electron chi connectivity index (χ0n) is 16.6. The third-order valence-corrected chi connectivity index (χ3v) is 7.73. The second kappa shape index (κ2) is 8.82. The van der Waals surface area contributed by atoms with Gasteiger partial charge in [0, 0.05) is 62.9 Å². The molecule has 0 aliphatic carbocycles. The quantitative estimate of drug-likeness (QED) is 0.532. The lowest BCUT2D eigenvalue weighted by Gasteiger charge is -2.36. The fraction of sp³-hybridized carbons (Fsp3) is 0.667. The summed E-state index contributed by atoms with van der Waals surface area (Å²) in [5, 5.41) is 0.783. The Morgan fingerprint density at radius 2 is 1.79 bits per heavy atom. The molecule has 3 aliphatic rings. The summed E-state index contributed by atoms with van der Waals surface area (Å²) in [5.74, 6) is 0.0609. The maximum absolute atomic E-state index is 12.6. The minimum absolute atomic E-state index is 0.0609. The molecule has 3 fully saturated rings. The molecule has 1 atom stereocenters. The molecule has 5 nitrogen and oxygen atoms in total. The van der Waals surface area contributed by atoms with E-state index in [0.717, 1.165) is 76.5 Å². The highest BCUT2D eigenvalue weighted by Gasteiger charge is 2.50. The monoisotopic (exact) mass is 423 g/mol. The predicted molar refractivity (Wildman–Crippen MR) is 116 cm³/mol. The molecule has 7 heteroatoms. The minimum Gasteiger partial charge on any atom is -0.462 e. The first-order chi connectivity index (χ1) is 13.6. The first-order valence-electron chi connectivity index (χ1n) is 10.3. The number of hydrogen-bond donors (Lipinski definition) is 0. The molecule has 154 valence electrons. The van der Waals surface area contributed by atoms with E-state index >= 15 is 0 Å². The standard InChI is InChI=1S/C21H30ClN3O2S/c1-28-25-10-7-21(8-11-25)16-19(27-20(21)26)6-9-23-12-14-24(15-13-23)18-4-2-17(22)3-5-18/h2-5,19H,6-16H2,1H3. The molecular weight excluding hydrogens is 394 g/mol. The Morgan fingerprint density at radius 3 is 2.43 bits per heavy atom. The number of esters is 1. The minimum atomic E-state index is -0.204. The molecule has 0 N–H and O–H groups in total. The van der Waals surface area contributed by atoms with Crippen molar-refractivity contribution < 1.29 is 9.53 Å². The van der Waals surface area contributed by atoms with E-state index in [0.29, 0.717) is 0 Å². The zero-order valence-corrected chi connectivity index (χ0v) is 18.2. The van der Waals surface area contributed by atoms with Crippen LogP contribution in [-0.2, 0) is 9.53 Å². The van der Waals surface area contributed by atoms with Crippen LogP contribution in [0, 0.1) is 5.41 Å². The van der Waals surface area contributed by atoms with Crippen LogP contribution < -0.4 is 4.90 Å². The summed E-state index contributed by atoms with van der Waals surface area (Å²) in [7, 11) is 0. The SMILES string of the molecule is CSN1CCC2(CC1)CC(CCN1CCN(c3ccc(Cl)cc3)CC1)OC2=O. The summed E-state index contributed by atoms with van der Waals surface area (Å²) >= 11 is 7.77. The lowest BCUT2D eigenvalue weighted by Crippen LogP contribution is -2.47. The molecule has 0 saturated carbocycles. The van der Waals surface area contributed by atoms with Crippen molar-refractivity contribution in [2.24, 2.45) is 5.41 Å². The van der Waals surface area contributed by atoms with Crippen LogP contribution in [-0.4, -0.2) is 73.3 Å². The number of carbonyl (C=O) groups excluding carboxylic acids is 1. The molecule has 4 rings (SSSR count). The number of cyclic esters (lactones) is 1. The number of halogens is 1. The molecular formula is C21H30ClN3O2S. The number of hydrogen-bond acceptors (Lipinski definition) is 6. The largest absolute Gasteiger partial charge is 0.462 e. The predicted octanol–water partition coefficient (Wildman–Crippen LogP) is 3.53. The van der Waals surface area contributed by atoms with E-state index in [1.54, 1.807) is 11.9 Å². The van der Waals surface area contributed by atoms with Crippen LogP contribution in [0.3, 0.4) is 0 Å². The van der Waals surface area contributed by atoms with Gasteiger partial charge in [0.15, 0.2) is 0 Å². The highest BCUT2D eigenvalue weighted by atomic mass is 35.5. The molecule has 0 amide bonds. The number of anilines is 1. The average Bonchev–Trinajstić information content (AvgIpc) is 3.03. The third kappa shape index (κ3) is 4.45. The summed E-state index contributed by atoms with van der Waals surface area (Å²) < 4.78 is 8.16. The lowest BCUT2D eigenvalue weighted by atomic mass is 9.76. The van der Waals surface area contributed by atoms with Gasteiger partial charge in [0.1, 0.15) is 6.10 Å². The van der Waals surface area contributed by atoms with Gasteiger partial charge in [-0.25, -0.2) is 0 Å². The molecule has 1 spiro atoms. The van der Waals surface area contributed by atoms with Gasteiger partial charge < -0.3 is 9.64 Å². The van der Waals surface area contributed by atoms with Crippen molar-refractivity contribution in [1.82, 2.24) is 9.21 Å². The van der Waals surface area contributed by atoms with E-state index in [4.69, 9.17) is 16.3 Å². The Hall–Kier alpha value is -0.950. The van der Waals surface area contributed by atoms with Crippen molar-refractivity contribution in [2.75, 3.05) is 57.0 Å². The highest BCUT2D eigenvalue weighted by molar-refractivity contribution is 7.96. The van der Waals surface area contributed by atoms with Crippen molar-refractivity contribution in [2.45, 2.75) is 31.8 Å². The van der Waals surface area contributed by atoms with Crippen LogP contribution >= 0.6 is 23.5 Å². The van der Waals surface area contributed by atoms with Crippen LogP contribution in [0.25, 0.3) is 0 Å². The number of ether oxygens (including phenoxy) is 1. The van der Waals surface area contributed by atoms with Crippen molar-refractivity contribution in [3.8, 4) is 0 Å². The van der Waals surface area contributed by atoms with Gasteiger partial charge in [-0.1, -0.05) is 23.5 Å². The van der Waals surface area contributed by atoms with Gasteiger partial charge in [0.2, 0.25) is 0 Å². The Kier molecular flexibility index (Phi) is 6.40. The van der Waals surface area contributed by atoms with E-state index in [9.17, 15) is 4.79 Å². The van der Waals surface area contributed by atoms with Crippen molar-refractivity contribution in [1.29, 1.82) is 0 Å². The number of piperidine rings is 1. The summed E-state index contributed by atoms with van der Waals surface area (Å²) in [5.41, 5.74) is 1.04. The Morgan fingerprint density at radius 1 is 1.11 bits per heavy atom. The summed E-state index contributed by atoms with van der Waals surface area (Å²) in [6, 6.07) is 8.10. The number of carbonyl (C=O) groups is 1. The Bertz CT molecular complexity index is 671. The van der Waals surface area contributed by atoms with Crippen LogP contribution in [0.2, 0.25) is 5.02 Å². The van der Waals surface area contributed by atoms with E-state index in [-0.39, 0.29) is 17.5 Å². The number of nitrogens with zero attached hydrogens (tertiary/aromatic N) is 3. The van der Waals surface area contributed by atoms with Gasteiger partial charge in [-0.15, -0.1) is 0 Å². The van der Waals surface area contributed by atoms with Crippen LogP contribution in [0.4, 0.5) is 5.69 Å². The summed E-state index contributed by atoms with van der Waals surface area (Å²) in [6.45, 7) is 7.17. The van der Waals surface area contributed by atoms with E-state index in [1.165, 1.54) is 5.69 Å². The number of rotatable bonds is 5. The Labute approximate surface area is 177 Å². The molecule has 0 bridgehead atoms. The maximum atomic E-state index is 12.6. The highest BCUT2D eigenvalue weighted by Crippen LogP contribution is 2.44. The normalized spacial score (nSPS) is 26.0. The van der Waals surface area contributed by atoms with E-state index in [2.05, 4.69) is 32.5 Å².